The number of ether oxygens (including phenoxy) is 3. The molecule has 396 valence electrons. The van der Waals surface area contributed by atoms with Crippen molar-refractivity contribution in [3.8, 4) is 22.3 Å². The van der Waals surface area contributed by atoms with Crippen molar-refractivity contribution in [3.05, 3.63) is 121 Å². The molecule has 4 aromatic rings. The van der Waals surface area contributed by atoms with Gasteiger partial charge in [0.15, 0.2) is 18.3 Å². The summed E-state index contributed by atoms with van der Waals surface area (Å²) in [7, 11) is 2.52. The molecule has 3 amide bonds. The number of nitrogens with one attached hydrogen (secondary N) is 3. The second-order valence-corrected chi connectivity index (χ2v) is 21.5. The van der Waals surface area contributed by atoms with Crippen LogP contribution in [-0.4, -0.2) is 136 Å². The molecule has 3 heterocycles. The first-order valence-corrected chi connectivity index (χ1v) is 25.4. The summed E-state index contributed by atoms with van der Waals surface area (Å²) in [5.74, 6) is -1.09. The van der Waals surface area contributed by atoms with Crippen molar-refractivity contribution in [1.82, 2.24) is 5.32 Å². The molecule has 3 aliphatic rings. The van der Waals surface area contributed by atoms with Gasteiger partial charge in [0.1, 0.15) is 36.6 Å². The number of hydrogen-bond acceptors (Lipinski definition) is 15. The van der Waals surface area contributed by atoms with Crippen LogP contribution < -0.4 is 21.7 Å². The number of aliphatic hydroxyl groups is 5. The maximum Gasteiger partial charge on any atom is 0.338 e. The van der Waals surface area contributed by atoms with E-state index in [1.807, 2.05) is 114 Å². The minimum Gasteiger partial charge on any atom is -0.454 e. The maximum absolute atomic E-state index is 13.0. The van der Waals surface area contributed by atoms with E-state index in [2.05, 4.69) is 34.1 Å². The van der Waals surface area contributed by atoms with Crippen molar-refractivity contribution in [2.45, 2.75) is 112 Å². The number of allylic oxidation sites excluding steroid dienone is 2. The van der Waals surface area contributed by atoms with E-state index in [9.17, 15) is 44.7 Å². The fourth-order valence-corrected chi connectivity index (χ4v) is 9.74. The molecule has 10 atom stereocenters. The molecule has 0 aromatic heterocycles. The number of nitrogens with two attached hydrogens (primary N) is 1. The Morgan fingerprint density at radius 1 is 0.726 bits per heavy atom. The Morgan fingerprint density at radius 3 is 1.70 bits per heavy atom. The predicted molar refractivity (Wildman–Crippen MR) is 288 cm³/mol. The summed E-state index contributed by atoms with van der Waals surface area (Å²) < 4.78 is 14.8. The van der Waals surface area contributed by atoms with Crippen LogP contribution in [0.1, 0.15) is 41.5 Å². The van der Waals surface area contributed by atoms with E-state index in [0.29, 0.717) is 11.4 Å². The van der Waals surface area contributed by atoms with Crippen molar-refractivity contribution in [1.29, 1.82) is 0 Å². The van der Waals surface area contributed by atoms with Gasteiger partial charge in [-0.1, -0.05) is 151 Å². The van der Waals surface area contributed by atoms with Crippen LogP contribution in [0.15, 0.2) is 131 Å². The number of benzene rings is 4. The number of anilines is 2. The van der Waals surface area contributed by atoms with E-state index in [0.717, 1.165) is 37.7 Å². The minimum absolute atomic E-state index is 0. The standard InChI is InChI=1S/C27H34N2O6S.C15H14N2OS.C12H20O5.ClH/c1-27(2,3)14-13-20(30)21(31)22(32)23(35-4)26(34)29-19-15-36-24-17(16-9-6-5-7-10-16)11-8-12-18(24)28-25(19)33;16-12-9-19-14-11(10-5-2-1-3-6-10)7-4-8-13(14)17-15(12)18;1-12(2,3)6-5-7(13)9-8(14)10(16-4)11(15)17-9;/h5-14,19-23,30-32H,15H2,1-4H3,(H,28,33)(H,29,34);1-8,12H,9,16H2,(H,17,18);5-10,13-14H,1-4H3;1H/b14-13+;;6-5+;/t19-,20+,21-,22+,23+;12-;7-,8-,9+,10-;/m001./s1. The summed E-state index contributed by atoms with van der Waals surface area (Å²) in [4.78, 5) is 50.9. The fourth-order valence-electron chi connectivity index (χ4n) is 7.44. The molecule has 1 fully saturated rings. The number of carbonyl (C=O) groups is 4. The third-order valence-electron chi connectivity index (χ3n) is 11.3. The first-order chi connectivity index (χ1) is 34.0. The number of halogens is 1. The van der Waals surface area contributed by atoms with Crippen LogP contribution in [0.4, 0.5) is 11.4 Å². The van der Waals surface area contributed by atoms with Gasteiger partial charge < -0.3 is 61.4 Å². The van der Waals surface area contributed by atoms with E-state index in [1.165, 1.54) is 38.1 Å². The highest BCUT2D eigenvalue weighted by atomic mass is 35.5. The van der Waals surface area contributed by atoms with E-state index in [1.54, 1.807) is 30.0 Å². The first-order valence-electron chi connectivity index (χ1n) is 23.4. The summed E-state index contributed by atoms with van der Waals surface area (Å²) in [6.45, 7) is 11.7. The van der Waals surface area contributed by atoms with Crippen LogP contribution in [-0.2, 0) is 33.4 Å². The van der Waals surface area contributed by atoms with Gasteiger partial charge in [0.2, 0.25) is 11.8 Å². The van der Waals surface area contributed by atoms with Crippen molar-refractivity contribution in [3.63, 3.8) is 0 Å². The average molecular weight is 1070 g/mol. The molecular weight excluding hydrogens is 996 g/mol. The second-order valence-electron chi connectivity index (χ2n) is 19.5. The van der Waals surface area contributed by atoms with E-state index < -0.39 is 78.7 Å². The number of amides is 3. The summed E-state index contributed by atoms with van der Waals surface area (Å²) in [6.07, 6.45) is -4.07. The maximum atomic E-state index is 13.0. The zero-order chi connectivity index (χ0) is 52.9. The van der Waals surface area contributed by atoms with Gasteiger partial charge in [0.05, 0.1) is 17.4 Å². The Hall–Kier alpha value is -5.09. The largest absolute Gasteiger partial charge is 0.454 e. The van der Waals surface area contributed by atoms with Gasteiger partial charge >= 0.3 is 5.97 Å². The topological polar surface area (TPSA) is 259 Å². The molecular formula is C54H69ClN4O12S2. The lowest BCUT2D eigenvalue weighted by atomic mass is 9.94. The molecule has 0 bridgehead atoms. The summed E-state index contributed by atoms with van der Waals surface area (Å²) in [6, 6.07) is 30.2. The Morgan fingerprint density at radius 2 is 1.22 bits per heavy atom. The molecule has 0 unspecified atom stereocenters. The van der Waals surface area contributed by atoms with Crippen LogP contribution in [0.3, 0.4) is 0 Å². The third kappa shape index (κ3) is 17.0. The lowest BCUT2D eigenvalue weighted by Crippen LogP contribution is -2.55. The Balaban J connectivity index is 0.000000261. The monoisotopic (exact) mass is 1060 g/mol. The van der Waals surface area contributed by atoms with Crippen LogP contribution in [0, 0.1) is 10.8 Å². The van der Waals surface area contributed by atoms with Gasteiger partial charge in [0, 0.05) is 35.5 Å². The van der Waals surface area contributed by atoms with Gasteiger partial charge in [-0.2, -0.15) is 0 Å². The number of hydrogen-bond donors (Lipinski definition) is 9. The molecule has 7 rings (SSSR count). The number of aliphatic hydroxyl groups excluding tert-OH is 5. The number of esters is 1. The highest BCUT2D eigenvalue weighted by Gasteiger charge is 2.47. The molecule has 16 nitrogen and oxygen atoms in total. The van der Waals surface area contributed by atoms with E-state index >= 15 is 0 Å². The van der Waals surface area contributed by atoms with Gasteiger partial charge in [-0.05, 0) is 45.2 Å². The molecule has 3 aliphatic heterocycles. The van der Waals surface area contributed by atoms with Crippen molar-refractivity contribution in [2.75, 3.05) is 36.4 Å². The van der Waals surface area contributed by atoms with Crippen molar-refractivity contribution in [2.24, 2.45) is 16.6 Å². The third-order valence-corrected chi connectivity index (χ3v) is 13.8. The molecule has 19 heteroatoms. The highest BCUT2D eigenvalue weighted by Crippen LogP contribution is 2.40. The van der Waals surface area contributed by atoms with Crippen LogP contribution in [0.2, 0.25) is 0 Å². The molecule has 0 spiro atoms. The van der Waals surface area contributed by atoms with Crippen molar-refractivity contribution >= 4 is 71.0 Å². The lowest BCUT2D eigenvalue weighted by Gasteiger charge is -2.28. The Labute approximate surface area is 442 Å². The van der Waals surface area contributed by atoms with Crippen LogP contribution >= 0.6 is 35.9 Å². The molecule has 0 saturated carbocycles. The first kappa shape index (κ1) is 60.5. The number of cyclic esters (lactones) is 1. The summed E-state index contributed by atoms with van der Waals surface area (Å²) in [5.41, 5.74) is 11.2. The van der Waals surface area contributed by atoms with Crippen molar-refractivity contribution < 1.29 is 58.9 Å². The quantitative estimate of drug-likeness (QED) is 0.0584. The summed E-state index contributed by atoms with van der Waals surface area (Å²) >= 11 is 3.07. The van der Waals surface area contributed by atoms with E-state index in [-0.39, 0.29) is 34.9 Å². The van der Waals surface area contributed by atoms with Crippen LogP contribution in [0.25, 0.3) is 22.3 Å². The fraction of sp³-hybridized carbons (Fsp3) is 0.407. The smallest absolute Gasteiger partial charge is 0.338 e. The summed E-state index contributed by atoms with van der Waals surface area (Å²) in [5, 5.41) is 59.2. The van der Waals surface area contributed by atoms with E-state index in [4.69, 9.17) is 19.9 Å². The SMILES string of the molecule is CO[C@@H](C(=O)N[C@H]1CSc2c(cccc2-c2ccccc2)NC1=O)[C@H](O)[C@@H](O)[C@H](O)/C=C/C(C)(C)C.CO[C@H]1C(=O)O[C@@H]([C@H](O)/C=C/C(C)(C)C)[C@H]1O.Cl.N[C@H]1CSc2c(cccc2-c2ccccc2)NC1=O. The number of fused-ring (bicyclic) bond motifs is 2. The van der Waals surface area contributed by atoms with Gasteiger partial charge in [-0.25, -0.2) is 4.79 Å². The zero-order valence-corrected chi connectivity index (χ0v) is 44.6. The lowest BCUT2D eigenvalue weighted by molar-refractivity contribution is -0.151. The molecule has 4 aromatic carbocycles. The number of thioether (sulfide) groups is 2. The molecule has 10 N–H and O–H groups in total. The van der Waals surface area contributed by atoms with Gasteiger partial charge in [-0.15, -0.1) is 35.9 Å². The predicted octanol–water partition coefficient (Wildman–Crippen LogP) is 5.98. The Kier molecular flexibility index (Phi) is 22.7. The van der Waals surface area contributed by atoms with Gasteiger partial charge in [0.25, 0.3) is 5.91 Å². The minimum atomic E-state index is -1.72. The molecule has 0 aliphatic carbocycles. The zero-order valence-electron chi connectivity index (χ0n) is 42.1. The molecule has 1 saturated heterocycles. The van der Waals surface area contributed by atoms with Gasteiger partial charge in [-0.3, -0.25) is 14.4 Å². The van der Waals surface area contributed by atoms with Crippen LogP contribution in [0.5, 0.6) is 0 Å². The molecule has 73 heavy (non-hydrogen) atoms. The number of rotatable bonds is 12. The molecule has 0 radical (unpaired) electrons. The second kappa shape index (κ2) is 27.4. The number of methoxy groups -OCH3 is 2. The Bertz CT molecular complexity index is 2520. The normalized spacial score (nSPS) is 21.8. The average Bonchev–Trinajstić information content (AvgIpc) is 3.43. The number of carbonyl (C=O) groups excluding carboxylic acids is 4. The highest BCUT2D eigenvalue weighted by molar-refractivity contribution is 8.00.